The van der Waals surface area contributed by atoms with Crippen LogP contribution in [0.25, 0.3) is 0 Å². The molecule has 0 aromatic carbocycles. The fourth-order valence-electron chi connectivity index (χ4n) is 4.93. The Kier molecular flexibility index (Phi) is 7.11. The number of allylic oxidation sites excluding steroid dienone is 1. The van der Waals surface area contributed by atoms with E-state index in [4.69, 9.17) is 18.6 Å². The summed E-state index contributed by atoms with van der Waals surface area (Å²) in [5.41, 5.74) is -1.09. The van der Waals surface area contributed by atoms with Gasteiger partial charge in [0.1, 0.15) is 17.8 Å². The number of rotatable bonds is 5. The van der Waals surface area contributed by atoms with Crippen molar-refractivity contribution < 1.29 is 28.2 Å². The number of hydrogen-bond donors (Lipinski definition) is 1. The predicted octanol–water partition coefficient (Wildman–Crippen LogP) is 3.44. The number of hydrogen-bond acceptors (Lipinski definition) is 6. The molecule has 0 spiro atoms. The Morgan fingerprint density at radius 3 is 2.40 bits per heavy atom. The highest BCUT2D eigenvalue weighted by atomic mass is 28.4. The van der Waals surface area contributed by atoms with E-state index in [1.807, 2.05) is 26.0 Å². The van der Waals surface area contributed by atoms with Gasteiger partial charge in [-0.05, 0) is 38.4 Å². The molecule has 170 valence electrons. The third-order valence-corrected chi connectivity index (χ3v) is 11.4. The lowest BCUT2D eigenvalue weighted by atomic mass is 9.79. The molecule has 2 bridgehead atoms. The largest absolute Gasteiger partial charge is 0.459 e. The van der Waals surface area contributed by atoms with Crippen LogP contribution in [-0.4, -0.2) is 56.4 Å². The fraction of sp³-hybridized carbons (Fsp3) is 0.818. The van der Waals surface area contributed by atoms with Crippen LogP contribution in [-0.2, 0) is 28.2 Å². The average molecular weight is 440 g/mol. The van der Waals surface area contributed by atoms with E-state index in [9.17, 15) is 9.59 Å². The van der Waals surface area contributed by atoms with Crippen molar-refractivity contribution >= 4 is 20.2 Å². The number of fused-ring (bicyclic) bond motifs is 4. The molecule has 0 aromatic heterocycles. The summed E-state index contributed by atoms with van der Waals surface area (Å²) in [6.07, 6.45) is 4.02. The van der Waals surface area contributed by atoms with E-state index in [-0.39, 0.29) is 18.0 Å². The fourth-order valence-corrected chi connectivity index (χ4v) is 7.95. The number of ether oxygens (including phenoxy) is 3. The average Bonchev–Trinajstić information content (AvgIpc) is 3.02. The Morgan fingerprint density at radius 2 is 1.73 bits per heavy atom. The maximum Gasteiger partial charge on any atom is 0.306 e. The third kappa shape index (κ3) is 4.82. The van der Waals surface area contributed by atoms with Crippen LogP contribution in [0.3, 0.4) is 0 Å². The minimum Gasteiger partial charge on any atom is -0.459 e. The minimum absolute atomic E-state index is 0.146. The number of esters is 1. The van der Waals surface area contributed by atoms with E-state index >= 15 is 0 Å². The maximum absolute atomic E-state index is 13.5. The third-order valence-electron chi connectivity index (χ3n) is 6.75. The first-order valence-electron chi connectivity index (χ1n) is 11.4. The Balaban J connectivity index is 2.02. The highest BCUT2D eigenvalue weighted by Gasteiger charge is 2.60. The second-order valence-corrected chi connectivity index (χ2v) is 13.8. The van der Waals surface area contributed by atoms with Crippen molar-refractivity contribution in [3.63, 3.8) is 0 Å². The van der Waals surface area contributed by atoms with Crippen molar-refractivity contribution in [3.05, 3.63) is 12.2 Å². The number of carbonyl (C=O) groups excluding carboxylic acids is 2. The summed E-state index contributed by atoms with van der Waals surface area (Å²) in [5.74, 6) is -1.22. The SMILES string of the molecule is CC[Si](CC)(CC)O[C@@]12C[C@@H](OC(=O)CC/C=C\CNC1=O)[C@@H]1OC(C)(C)O[C@@H]1C2. The Bertz CT molecular complexity index is 668. The summed E-state index contributed by atoms with van der Waals surface area (Å²) < 4.78 is 25.0. The zero-order chi connectivity index (χ0) is 22.0. The molecular formula is C22H37NO6Si. The quantitative estimate of drug-likeness (QED) is 0.401. The molecule has 0 aromatic rings. The molecule has 1 saturated carbocycles. The zero-order valence-electron chi connectivity index (χ0n) is 19.0. The molecule has 1 amide bonds. The zero-order valence-corrected chi connectivity index (χ0v) is 20.0. The standard InChI is InChI=1S/C22H37NO6Si/c1-6-30(7-2,8-3)29-22-14-16(19-17(15-22)27-21(4,5)28-19)26-18(24)12-10-9-11-13-23-20(22)25/h9,11,16-17,19H,6-8,10,12-15H2,1-5H3,(H,23,25)/b11-9-/t16-,17-,19+,22-/m1/s1. The van der Waals surface area contributed by atoms with Crippen LogP contribution >= 0.6 is 0 Å². The maximum atomic E-state index is 13.5. The first-order chi connectivity index (χ1) is 14.2. The van der Waals surface area contributed by atoms with E-state index in [1.165, 1.54) is 0 Å². The van der Waals surface area contributed by atoms with E-state index in [0.717, 1.165) is 18.1 Å². The van der Waals surface area contributed by atoms with Crippen LogP contribution in [0.5, 0.6) is 0 Å². The molecule has 2 heterocycles. The first kappa shape index (κ1) is 23.4. The molecule has 4 atom stereocenters. The summed E-state index contributed by atoms with van der Waals surface area (Å²) in [5, 5.41) is 3.04. The Hall–Kier alpha value is -1.22. The predicted molar refractivity (Wildman–Crippen MR) is 115 cm³/mol. The molecule has 7 nitrogen and oxygen atoms in total. The molecule has 30 heavy (non-hydrogen) atoms. The number of amides is 1. The number of carbonyl (C=O) groups is 2. The van der Waals surface area contributed by atoms with Gasteiger partial charge in [0, 0.05) is 25.8 Å². The van der Waals surface area contributed by atoms with Crippen LogP contribution in [0.15, 0.2) is 12.2 Å². The highest BCUT2D eigenvalue weighted by molar-refractivity contribution is 6.73. The van der Waals surface area contributed by atoms with Crippen LogP contribution in [0.4, 0.5) is 0 Å². The van der Waals surface area contributed by atoms with Crippen molar-refractivity contribution in [1.82, 2.24) is 5.32 Å². The molecule has 0 unspecified atom stereocenters. The molecule has 1 N–H and O–H groups in total. The smallest absolute Gasteiger partial charge is 0.306 e. The van der Waals surface area contributed by atoms with Gasteiger partial charge in [0.2, 0.25) is 0 Å². The molecule has 2 aliphatic heterocycles. The Morgan fingerprint density at radius 1 is 1.07 bits per heavy atom. The minimum atomic E-state index is -2.14. The van der Waals surface area contributed by atoms with Crippen molar-refractivity contribution in [2.24, 2.45) is 0 Å². The van der Waals surface area contributed by atoms with Crippen LogP contribution in [0.1, 0.15) is 60.3 Å². The van der Waals surface area contributed by atoms with E-state index < -0.39 is 31.9 Å². The van der Waals surface area contributed by atoms with Gasteiger partial charge in [-0.3, -0.25) is 9.59 Å². The molecule has 2 fully saturated rings. The van der Waals surface area contributed by atoms with Gasteiger partial charge in [0.05, 0.1) is 6.10 Å². The second-order valence-electron chi connectivity index (χ2n) is 9.14. The van der Waals surface area contributed by atoms with E-state index in [0.29, 0.717) is 32.2 Å². The van der Waals surface area contributed by atoms with Crippen LogP contribution in [0.2, 0.25) is 18.1 Å². The molecule has 1 saturated heterocycles. The lowest BCUT2D eigenvalue weighted by molar-refractivity contribution is -0.178. The monoisotopic (exact) mass is 439 g/mol. The van der Waals surface area contributed by atoms with Gasteiger partial charge >= 0.3 is 5.97 Å². The lowest BCUT2D eigenvalue weighted by Gasteiger charge is -2.47. The topological polar surface area (TPSA) is 83.1 Å². The van der Waals surface area contributed by atoms with Gasteiger partial charge in [-0.1, -0.05) is 32.9 Å². The Labute approximate surface area is 181 Å². The van der Waals surface area contributed by atoms with Crippen LogP contribution < -0.4 is 5.32 Å². The van der Waals surface area contributed by atoms with E-state index in [2.05, 4.69) is 26.1 Å². The molecular weight excluding hydrogens is 402 g/mol. The van der Waals surface area contributed by atoms with Gasteiger partial charge in [-0.2, -0.15) is 0 Å². The lowest BCUT2D eigenvalue weighted by Crippen LogP contribution is -2.63. The van der Waals surface area contributed by atoms with Gasteiger partial charge in [0.15, 0.2) is 14.1 Å². The number of nitrogens with one attached hydrogen (secondary N) is 1. The van der Waals surface area contributed by atoms with Gasteiger partial charge < -0.3 is 24.0 Å². The van der Waals surface area contributed by atoms with Crippen molar-refractivity contribution in [2.75, 3.05) is 6.54 Å². The second kappa shape index (κ2) is 9.10. The van der Waals surface area contributed by atoms with Crippen molar-refractivity contribution in [2.45, 2.75) is 108 Å². The van der Waals surface area contributed by atoms with E-state index in [1.54, 1.807) is 0 Å². The molecule has 8 heteroatoms. The first-order valence-corrected chi connectivity index (χ1v) is 13.9. The summed E-state index contributed by atoms with van der Waals surface area (Å²) in [6, 6.07) is 2.78. The molecule has 0 radical (unpaired) electrons. The summed E-state index contributed by atoms with van der Waals surface area (Å²) in [6.45, 7) is 10.6. The van der Waals surface area contributed by atoms with Crippen molar-refractivity contribution in [1.29, 1.82) is 0 Å². The normalized spacial score (nSPS) is 35.4. The van der Waals surface area contributed by atoms with Crippen molar-refractivity contribution in [3.8, 4) is 0 Å². The summed E-state index contributed by atoms with van der Waals surface area (Å²) in [4.78, 5) is 26.0. The molecule has 3 aliphatic rings. The van der Waals surface area contributed by atoms with Gasteiger partial charge in [0.25, 0.3) is 5.91 Å². The highest BCUT2D eigenvalue weighted by Crippen LogP contribution is 2.46. The van der Waals surface area contributed by atoms with Crippen LogP contribution in [0, 0.1) is 0 Å². The summed E-state index contributed by atoms with van der Waals surface area (Å²) >= 11 is 0. The molecule has 3 rings (SSSR count). The summed E-state index contributed by atoms with van der Waals surface area (Å²) in [7, 11) is -2.14. The van der Waals surface area contributed by atoms with Gasteiger partial charge in [-0.25, -0.2) is 0 Å². The molecule has 1 aliphatic carbocycles. The van der Waals surface area contributed by atoms with Gasteiger partial charge in [-0.15, -0.1) is 0 Å².